The lowest BCUT2D eigenvalue weighted by molar-refractivity contribution is -0.120. The zero-order chi connectivity index (χ0) is 12.1. The van der Waals surface area contributed by atoms with Crippen molar-refractivity contribution < 1.29 is 13.9 Å². The molecule has 0 saturated heterocycles. The van der Waals surface area contributed by atoms with E-state index in [0.717, 1.165) is 0 Å². The Balaban J connectivity index is 2.62. The minimum Gasteiger partial charge on any atom is -0.381 e. The van der Waals surface area contributed by atoms with Gasteiger partial charge in [0.25, 0.3) is 0 Å². The Bertz CT molecular complexity index is 359. The van der Waals surface area contributed by atoms with E-state index in [1.165, 1.54) is 12.1 Å². The van der Waals surface area contributed by atoms with Crippen molar-refractivity contribution in [2.24, 2.45) is 0 Å². The largest absolute Gasteiger partial charge is 0.381 e. The van der Waals surface area contributed by atoms with Gasteiger partial charge in [-0.3, -0.25) is 4.79 Å². The van der Waals surface area contributed by atoms with Crippen LogP contribution in [-0.4, -0.2) is 19.0 Å². The van der Waals surface area contributed by atoms with Crippen LogP contribution in [0.25, 0.3) is 0 Å². The summed E-state index contributed by atoms with van der Waals surface area (Å²) < 4.78 is 18.7. The molecule has 16 heavy (non-hydrogen) atoms. The van der Waals surface area contributed by atoms with Gasteiger partial charge in [-0.05, 0) is 30.7 Å². The number of ketones is 1. The van der Waals surface area contributed by atoms with Gasteiger partial charge in [0.05, 0.1) is 6.10 Å². The van der Waals surface area contributed by atoms with Crippen LogP contribution in [-0.2, 0) is 16.0 Å². The Morgan fingerprint density at radius 1 is 1.50 bits per heavy atom. The minimum absolute atomic E-state index is 0.0480. The maximum Gasteiger partial charge on any atom is 0.139 e. The van der Waals surface area contributed by atoms with E-state index in [1.54, 1.807) is 13.2 Å². The predicted molar refractivity (Wildman–Crippen MR) is 63.9 cm³/mol. The van der Waals surface area contributed by atoms with Gasteiger partial charge in [0.1, 0.15) is 11.6 Å². The monoisotopic (exact) mass is 288 g/mol. The first-order chi connectivity index (χ1) is 7.51. The quantitative estimate of drug-likeness (QED) is 0.832. The SMILES string of the molecule is COC(C)CC(=O)Cc1cc(F)cc(Br)c1. The highest BCUT2D eigenvalue weighted by molar-refractivity contribution is 9.10. The summed E-state index contributed by atoms with van der Waals surface area (Å²) in [6.45, 7) is 1.83. The molecule has 2 nitrogen and oxygen atoms in total. The lowest BCUT2D eigenvalue weighted by Gasteiger charge is -2.08. The smallest absolute Gasteiger partial charge is 0.139 e. The zero-order valence-electron chi connectivity index (χ0n) is 9.30. The molecule has 0 aliphatic carbocycles. The van der Waals surface area contributed by atoms with E-state index in [0.29, 0.717) is 16.5 Å². The van der Waals surface area contributed by atoms with E-state index in [9.17, 15) is 9.18 Å². The highest BCUT2D eigenvalue weighted by Gasteiger charge is 2.10. The number of rotatable bonds is 5. The molecule has 0 heterocycles. The molecular weight excluding hydrogens is 275 g/mol. The molecule has 0 fully saturated rings. The number of hydrogen-bond donors (Lipinski definition) is 0. The first-order valence-corrected chi connectivity index (χ1v) is 5.80. The second-order valence-electron chi connectivity index (χ2n) is 3.74. The second-order valence-corrected chi connectivity index (χ2v) is 4.66. The van der Waals surface area contributed by atoms with Crippen molar-refractivity contribution in [3.8, 4) is 0 Å². The third-order valence-corrected chi connectivity index (χ3v) is 2.70. The minimum atomic E-state index is -0.336. The maximum absolute atomic E-state index is 13.0. The van der Waals surface area contributed by atoms with Crippen LogP contribution in [0, 0.1) is 5.82 Å². The number of carbonyl (C=O) groups excluding carboxylic acids is 1. The van der Waals surface area contributed by atoms with Gasteiger partial charge in [0.2, 0.25) is 0 Å². The van der Waals surface area contributed by atoms with Crippen LogP contribution in [0.4, 0.5) is 4.39 Å². The molecule has 1 aromatic rings. The summed E-state index contributed by atoms with van der Waals surface area (Å²) in [7, 11) is 1.57. The highest BCUT2D eigenvalue weighted by atomic mass is 79.9. The number of halogens is 2. The van der Waals surface area contributed by atoms with Crippen molar-refractivity contribution >= 4 is 21.7 Å². The van der Waals surface area contributed by atoms with Crippen LogP contribution in [0.15, 0.2) is 22.7 Å². The summed E-state index contributed by atoms with van der Waals surface area (Å²) in [5.41, 5.74) is 0.681. The average Bonchev–Trinajstić information content (AvgIpc) is 2.15. The third kappa shape index (κ3) is 4.41. The molecule has 0 saturated carbocycles. The normalized spacial score (nSPS) is 12.5. The fraction of sp³-hybridized carbons (Fsp3) is 0.417. The summed E-state index contributed by atoms with van der Waals surface area (Å²) in [5, 5.41) is 0. The van der Waals surface area contributed by atoms with Crippen molar-refractivity contribution in [3.05, 3.63) is 34.1 Å². The molecule has 1 rings (SSSR count). The number of Topliss-reactive ketones (excluding diaryl/α,β-unsaturated/α-hetero) is 1. The second kappa shape index (κ2) is 6.11. The molecule has 1 atom stereocenters. The molecule has 0 amide bonds. The fourth-order valence-corrected chi connectivity index (χ4v) is 1.93. The number of ether oxygens (including phenoxy) is 1. The van der Waals surface area contributed by atoms with Crippen LogP contribution in [0.1, 0.15) is 18.9 Å². The molecule has 0 N–H and O–H groups in total. The molecule has 0 aromatic heterocycles. The molecule has 1 unspecified atom stereocenters. The van der Waals surface area contributed by atoms with E-state index in [-0.39, 0.29) is 24.1 Å². The Morgan fingerprint density at radius 2 is 2.19 bits per heavy atom. The van der Waals surface area contributed by atoms with Crippen molar-refractivity contribution in [3.63, 3.8) is 0 Å². The van der Waals surface area contributed by atoms with Crippen LogP contribution in [0.5, 0.6) is 0 Å². The van der Waals surface area contributed by atoms with E-state index in [4.69, 9.17) is 4.74 Å². The number of benzene rings is 1. The standard InChI is InChI=1S/C12H14BrFO2/c1-8(16-2)3-12(15)6-9-4-10(13)7-11(14)5-9/h4-5,7-8H,3,6H2,1-2H3. The first-order valence-electron chi connectivity index (χ1n) is 5.00. The summed E-state index contributed by atoms with van der Waals surface area (Å²) >= 11 is 3.19. The van der Waals surface area contributed by atoms with Crippen LogP contribution in [0.3, 0.4) is 0 Å². The lowest BCUT2D eigenvalue weighted by Crippen LogP contribution is -2.14. The molecule has 88 valence electrons. The molecule has 1 aromatic carbocycles. The van der Waals surface area contributed by atoms with Gasteiger partial charge in [-0.1, -0.05) is 15.9 Å². The summed E-state index contributed by atoms with van der Waals surface area (Å²) in [6.07, 6.45) is 0.499. The van der Waals surface area contributed by atoms with Gasteiger partial charge in [-0.2, -0.15) is 0 Å². The van der Waals surface area contributed by atoms with Gasteiger partial charge < -0.3 is 4.74 Å². The van der Waals surface area contributed by atoms with Gasteiger partial charge >= 0.3 is 0 Å². The molecule has 4 heteroatoms. The molecule has 0 bridgehead atoms. The molecule has 0 radical (unpaired) electrons. The van der Waals surface area contributed by atoms with E-state index in [1.807, 2.05) is 6.92 Å². The highest BCUT2D eigenvalue weighted by Crippen LogP contribution is 2.16. The number of carbonyl (C=O) groups is 1. The van der Waals surface area contributed by atoms with Gasteiger partial charge in [-0.15, -0.1) is 0 Å². The van der Waals surface area contributed by atoms with Crippen molar-refractivity contribution in [1.29, 1.82) is 0 Å². The van der Waals surface area contributed by atoms with E-state index >= 15 is 0 Å². The van der Waals surface area contributed by atoms with Gasteiger partial charge in [0, 0.05) is 24.4 Å². The molecular formula is C12H14BrFO2. The predicted octanol–water partition coefficient (Wildman–Crippen LogP) is 3.12. The topological polar surface area (TPSA) is 26.3 Å². The Hall–Kier alpha value is -0.740. The molecule has 0 aliphatic heterocycles. The van der Waals surface area contributed by atoms with Gasteiger partial charge in [-0.25, -0.2) is 4.39 Å². The first kappa shape index (κ1) is 13.3. The van der Waals surface area contributed by atoms with E-state index in [2.05, 4.69) is 15.9 Å². The number of methoxy groups -OCH3 is 1. The fourth-order valence-electron chi connectivity index (χ4n) is 1.42. The maximum atomic E-state index is 13.0. The van der Waals surface area contributed by atoms with E-state index < -0.39 is 0 Å². The Labute approximate surface area is 103 Å². The summed E-state index contributed by atoms with van der Waals surface area (Å²) in [6, 6.07) is 4.49. The molecule has 0 spiro atoms. The van der Waals surface area contributed by atoms with Crippen molar-refractivity contribution in [1.82, 2.24) is 0 Å². The Morgan fingerprint density at radius 3 is 2.75 bits per heavy atom. The van der Waals surface area contributed by atoms with Crippen molar-refractivity contribution in [2.45, 2.75) is 25.9 Å². The zero-order valence-corrected chi connectivity index (χ0v) is 10.9. The summed E-state index contributed by atoms with van der Waals surface area (Å²) in [4.78, 5) is 11.6. The lowest BCUT2D eigenvalue weighted by atomic mass is 10.1. The van der Waals surface area contributed by atoms with Crippen LogP contribution in [0.2, 0.25) is 0 Å². The molecule has 0 aliphatic rings. The van der Waals surface area contributed by atoms with Crippen LogP contribution < -0.4 is 0 Å². The Kier molecular flexibility index (Phi) is 5.09. The average molecular weight is 289 g/mol. The van der Waals surface area contributed by atoms with Crippen LogP contribution >= 0.6 is 15.9 Å². The van der Waals surface area contributed by atoms with Crippen molar-refractivity contribution in [2.75, 3.05) is 7.11 Å². The van der Waals surface area contributed by atoms with Gasteiger partial charge in [0.15, 0.2) is 0 Å². The number of hydrogen-bond acceptors (Lipinski definition) is 2. The summed E-state index contributed by atoms with van der Waals surface area (Å²) in [5.74, 6) is -0.288. The third-order valence-electron chi connectivity index (χ3n) is 2.24.